The number of halogens is 1. The molecule has 0 aliphatic heterocycles. The highest BCUT2D eigenvalue weighted by Crippen LogP contribution is 2.41. The van der Waals surface area contributed by atoms with Crippen LogP contribution in [0.25, 0.3) is 0 Å². The quantitative estimate of drug-likeness (QED) is 0.383. The van der Waals surface area contributed by atoms with E-state index in [1.54, 1.807) is 0 Å². The van der Waals surface area contributed by atoms with Crippen LogP contribution in [0.2, 0.25) is 45.3 Å². The Morgan fingerprint density at radius 2 is 1.45 bits per heavy atom. The highest BCUT2D eigenvalue weighted by Gasteiger charge is 2.43. The third-order valence-corrected chi connectivity index (χ3v) is 6.09. The summed E-state index contributed by atoms with van der Waals surface area (Å²) < 4.78 is 12.8. The highest BCUT2D eigenvalue weighted by molar-refractivity contribution is 6.71. The first-order chi connectivity index (χ1) is 9.98. The first-order valence-corrected chi connectivity index (χ1v) is 16.7. The van der Waals surface area contributed by atoms with Crippen molar-refractivity contribution >= 4 is 38.5 Å². The summed E-state index contributed by atoms with van der Waals surface area (Å²) in [6.45, 7) is 13.1. The largest absolute Gasteiger partial charge is 0.392 e. The van der Waals surface area contributed by atoms with E-state index in [-0.39, 0.29) is 6.29 Å². The Kier molecular flexibility index (Phi) is 7.11. The molecule has 1 rings (SSSR count). The van der Waals surface area contributed by atoms with Crippen molar-refractivity contribution in [2.75, 3.05) is 0 Å². The van der Waals surface area contributed by atoms with Crippen molar-refractivity contribution < 1.29 is 8.85 Å². The minimum absolute atomic E-state index is 0.371. The van der Waals surface area contributed by atoms with E-state index in [0.717, 1.165) is 28.3 Å². The lowest BCUT2D eigenvalue weighted by Gasteiger charge is -2.42. The fraction of sp³-hybridized carbons (Fsp3) is 0.625. The van der Waals surface area contributed by atoms with Crippen molar-refractivity contribution in [3.05, 3.63) is 35.9 Å². The van der Waals surface area contributed by atoms with E-state index in [2.05, 4.69) is 51.4 Å². The number of hydrogen-bond donors (Lipinski definition) is 0. The van der Waals surface area contributed by atoms with Crippen LogP contribution in [0.4, 0.5) is 0 Å². The maximum Gasteiger partial charge on any atom is 0.187 e. The topological polar surface area (TPSA) is 18.5 Å². The van der Waals surface area contributed by atoms with Crippen LogP contribution in [-0.4, -0.2) is 33.2 Å². The normalized spacial score (nSPS) is 16.0. The fourth-order valence-corrected chi connectivity index (χ4v) is 5.87. The zero-order chi connectivity index (χ0) is 17.0. The van der Waals surface area contributed by atoms with Crippen LogP contribution in [0.1, 0.15) is 12.0 Å². The molecular weight excluding hydrogens is 344 g/mol. The van der Waals surface area contributed by atoms with Gasteiger partial charge in [0, 0.05) is 10.2 Å². The molecule has 0 amide bonds. The Morgan fingerprint density at radius 3 is 1.82 bits per heavy atom. The van der Waals surface area contributed by atoms with Crippen LogP contribution in [0.3, 0.4) is 0 Å². The molecule has 22 heavy (non-hydrogen) atoms. The molecule has 1 aromatic rings. The molecule has 0 saturated carbocycles. The number of rotatable bonds is 8. The molecule has 0 N–H and O–H groups in total. The first-order valence-electron chi connectivity index (χ1n) is 8.08. The van der Waals surface area contributed by atoms with Crippen molar-refractivity contribution in [2.45, 2.75) is 62.9 Å². The summed E-state index contributed by atoms with van der Waals surface area (Å²) in [4.78, 5) is -0.594. The van der Waals surface area contributed by atoms with Gasteiger partial charge in [0.2, 0.25) is 0 Å². The van der Waals surface area contributed by atoms with Gasteiger partial charge in [-0.25, -0.2) is 0 Å². The zero-order valence-corrected chi connectivity index (χ0v) is 19.8. The van der Waals surface area contributed by atoms with Gasteiger partial charge in [-0.2, -0.15) is 0 Å². The Morgan fingerprint density at radius 1 is 1.00 bits per heavy atom. The van der Waals surface area contributed by atoms with Gasteiger partial charge in [0.15, 0.2) is 22.9 Å². The van der Waals surface area contributed by atoms with Crippen LogP contribution in [0, 0.1) is 0 Å². The Hall–Kier alpha value is 0.0806. The first kappa shape index (κ1) is 20.1. The highest BCUT2D eigenvalue weighted by atomic mass is 35.5. The van der Waals surface area contributed by atoms with E-state index in [1.165, 1.54) is 0 Å². The summed E-state index contributed by atoms with van der Waals surface area (Å²) in [6, 6.07) is 11.4. The van der Waals surface area contributed by atoms with Crippen molar-refractivity contribution in [1.82, 2.24) is 0 Å². The van der Waals surface area contributed by atoms with Gasteiger partial charge in [-0.15, -0.1) is 11.6 Å². The van der Waals surface area contributed by atoms with Crippen molar-refractivity contribution in [3.8, 4) is 0 Å². The SMILES string of the molecule is C[Si](C)(C)OC(O[Si](C)(C)C)C(Cl)(CC[SiH3])c1ccccc1. The fourth-order valence-electron chi connectivity index (χ4n) is 2.33. The van der Waals surface area contributed by atoms with Crippen molar-refractivity contribution in [1.29, 1.82) is 0 Å². The molecule has 0 saturated heterocycles. The number of hydrogen-bond acceptors (Lipinski definition) is 2. The number of benzene rings is 1. The summed E-state index contributed by atoms with van der Waals surface area (Å²) in [5.41, 5.74) is 1.11. The molecule has 0 aromatic heterocycles. The Bertz CT molecular complexity index is 441. The average Bonchev–Trinajstić information content (AvgIpc) is 2.36. The molecule has 1 atom stereocenters. The summed E-state index contributed by atoms with van der Waals surface area (Å²) in [5.74, 6) is 0. The third-order valence-electron chi connectivity index (χ3n) is 3.16. The summed E-state index contributed by atoms with van der Waals surface area (Å²) in [7, 11) is -2.41. The van der Waals surface area contributed by atoms with Gasteiger partial charge < -0.3 is 8.85 Å². The zero-order valence-electron chi connectivity index (χ0n) is 15.1. The van der Waals surface area contributed by atoms with Crippen LogP contribution in [0.15, 0.2) is 30.3 Å². The second kappa shape index (κ2) is 7.77. The number of alkyl halides is 1. The molecule has 0 spiro atoms. The monoisotopic (exact) mass is 374 g/mol. The van der Waals surface area contributed by atoms with Crippen LogP contribution in [0.5, 0.6) is 0 Å². The van der Waals surface area contributed by atoms with Crippen LogP contribution < -0.4 is 0 Å². The molecule has 0 aliphatic rings. The Balaban J connectivity index is 3.24. The molecule has 0 bridgehead atoms. The molecule has 6 heteroatoms. The lowest BCUT2D eigenvalue weighted by molar-refractivity contribution is -0.0444. The molecule has 126 valence electrons. The third kappa shape index (κ3) is 6.29. The van der Waals surface area contributed by atoms with E-state index in [0.29, 0.717) is 0 Å². The smallest absolute Gasteiger partial charge is 0.187 e. The van der Waals surface area contributed by atoms with E-state index in [1.807, 2.05) is 18.2 Å². The van der Waals surface area contributed by atoms with Crippen molar-refractivity contribution in [3.63, 3.8) is 0 Å². The molecule has 0 aliphatic carbocycles. The second-order valence-corrected chi connectivity index (χ2v) is 18.4. The van der Waals surface area contributed by atoms with Gasteiger partial charge in [0.1, 0.15) is 4.87 Å². The van der Waals surface area contributed by atoms with Gasteiger partial charge >= 0.3 is 0 Å². The van der Waals surface area contributed by atoms with Gasteiger partial charge in [-0.3, -0.25) is 0 Å². The molecule has 2 nitrogen and oxygen atoms in total. The van der Waals surface area contributed by atoms with Gasteiger partial charge in [0.05, 0.1) is 0 Å². The predicted octanol–water partition coefficient (Wildman–Crippen LogP) is 4.32. The predicted molar refractivity (Wildman–Crippen MR) is 106 cm³/mol. The average molecular weight is 375 g/mol. The molecule has 0 radical (unpaired) electrons. The van der Waals surface area contributed by atoms with Gasteiger partial charge in [0.25, 0.3) is 0 Å². The second-order valence-electron chi connectivity index (χ2n) is 7.77. The summed E-state index contributed by atoms with van der Waals surface area (Å²) in [6.07, 6.45) is 0.522. The summed E-state index contributed by atoms with van der Waals surface area (Å²) in [5, 5.41) is 0. The Labute approximate surface area is 146 Å². The molecule has 0 heterocycles. The van der Waals surface area contributed by atoms with Gasteiger partial charge in [-0.1, -0.05) is 36.4 Å². The molecule has 1 aromatic carbocycles. The van der Waals surface area contributed by atoms with Crippen LogP contribution >= 0.6 is 11.6 Å². The minimum atomic E-state index is -1.77. The van der Waals surface area contributed by atoms with Gasteiger partial charge in [-0.05, 0) is 51.3 Å². The van der Waals surface area contributed by atoms with Crippen LogP contribution in [-0.2, 0) is 13.7 Å². The minimum Gasteiger partial charge on any atom is -0.392 e. The van der Waals surface area contributed by atoms with E-state index < -0.39 is 21.5 Å². The molecule has 0 fully saturated rings. The van der Waals surface area contributed by atoms with E-state index in [4.69, 9.17) is 20.5 Å². The lowest BCUT2D eigenvalue weighted by Crippen LogP contribution is -2.49. The lowest BCUT2D eigenvalue weighted by atomic mass is 9.95. The molecular formula is C16H31ClO2Si3. The van der Waals surface area contributed by atoms with Crippen molar-refractivity contribution in [2.24, 2.45) is 0 Å². The maximum atomic E-state index is 7.16. The standard InChI is InChI=1S/C16H31ClO2Si3/c1-21(2,3)18-15(19-22(4,5)6)16(17,12-13-20)14-10-8-7-9-11-14/h7-11,15H,12-13H2,1-6,20H3. The van der Waals surface area contributed by atoms with E-state index >= 15 is 0 Å². The summed E-state index contributed by atoms with van der Waals surface area (Å²) >= 11 is 7.16. The maximum absolute atomic E-state index is 7.16. The molecule has 1 unspecified atom stereocenters. The van der Waals surface area contributed by atoms with E-state index in [9.17, 15) is 0 Å².